The number of fused-ring (bicyclic) bond motifs is 1. The van der Waals surface area contributed by atoms with Gasteiger partial charge in [-0.15, -0.1) is 11.3 Å². The van der Waals surface area contributed by atoms with Crippen molar-refractivity contribution in [2.45, 2.75) is 20.3 Å². The molecule has 1 amide bonds. The van der Waals surface area contributed by atoms with Gasteiger partial charge in [0.2, 0.25) is 0 Å². The van der Waals surface area contributed by atoms with Crippen LogP contribution < -0.4 is 5.32 Å². The van der Waals surface area contributed by atoms with E-state index < -0.39 is 0 Å². The number of hydrogen-bond acceptors (Lipinski definition) is 4. The first kappa shape index (κ1) is 15.1. The zero-order valence-electron chi connectivity index (χ0n) is 12.3. The Morgan fingerprint density at radius 1 is 1.41 bits per heavy atom. The molecule has 0 aliphatic rings. The van der Waals surface area contributed by atoms with Crippen LogP contribution in [-0.2, 0) is 6.42 Å². The highest BCUT2D eigenvalue weighted by Crippen LogP contribution is 2.27. The zero-order chi connectivity index (χ0) is 15.7. The smallest absolute Gasteiger partial charge is 0.287 e. The van der Waals surface area contributed by atoms with E-state index in [2.05, 4.69) is 10.3 Å². The van der Waals surface area contributed by atoms with E-state index in [1.54, 1.807) is 23.5 Å². The number of aryl methyl sites for hydroxylation is 2. The Hall–Kier alpha value is -1.85. The van der Waals surface area contributed by atoms with Crippen LogP contribution in [0.4, 0.5) is 0 Å². The Labute approximate surface area is 137 Å². The fourth-order valence-electron chi connectivity index (χ4n) is 2.32. The Kier molecular flexibility index (Phi) is 4.18. The molecule has 0 radical (unpaired) electrons. The van der Waals surface area contributed by atoms with Crippen molar-refractivity contribution in [2.24, 2.45) is 0 Å². The summed E-state index contributed by atoms with van der Waals surface area (Å²) in [4.78, 5) is 16.6. The summed E-state index contributed by atoms with van der Waals surface area (Å²) in [6.07, 6.45) is 0.710. The molecule has 1 aromatic carbocycles. The average Bonchev–Trinajstić information content (AvgIpc) is 3.03. The van der Waals surface area contributed by atoms with E-state index in [0.29, 0.717) is 29.3 Å². The maximum atomic E-state index is 12.3. The molecule has 0 aliphatic heterocycles. The standard InChI is InChI=1S/C16H15ClN2O2S/c1-9-13-7-11(17)3-4-14(13)21-15(9)16(20)18-6-5-12-8-22-10(2)19-12/h3-4,7-8H,5-6H2,1-2H3,(H,18,20). The number of furan rings is 1. The van der Waals surface area contributed by atoms with Gasteiger partial charge in [0, 0.05) is 34.3 Å². The highest BCUT2D eigenvalue weighted by molar-refractivity contribution is 7.09. The number of aromatic nitrogens is 1. The van der Waals surface area contributed by atoms with Crippen molar-refractivity contribution in [2.75, 3.05) is 6.54 Å². The van der Waals surface area contributed by atoms with E-state index >= 15 is 0 Å². The fourth-order valence-corrected chi connectivity index (χ4v) is 3.14. The molecule has 22 heavy (non-hydrogen) atoms. The van der Waals surface area contributed by atoms with Crippen molar-refractivity contribution >= 4 is 39.8 Å². The summed E-state index contributed by atoms with van der Waals surface area (Å²) >= 11 is 7.60. The largest absolute Gasteiger partial charge is 0.451 e. The maximum absolute atomic E-state index is 12.3. The van der Waals surface area contributed by atoms with E-state index in [9.17, 15) is 4.79 Å². The van der Waals surface area contributed by atoms with Crippen molar-refractivity contribution in [1.29, 1.82) is 0 Å². The Morgan fingerprint density at radius 2 is 2.23 bits per heavy atom. The minimum Gasteiger partial charge on any atom is -0.451 e. The van der Waals surface area contributed by atoms with Crippen LogP contribution in [0.15, 0.2) is 28.0 Å². The van der Waals surface area contributed by atoms with Crippen molar-refractivity contribution in [3.05, 3.63) is 50.6 Å². The molecule has 0 saturated heterocycles. The first-order valence-corrected chi connectivity index (χ1v) is 8.18. The van der Waals surface area contributed by atoms with Gasteiger partial charge in [-0.2, -0.15) is 0 Å². The number of halogens is 1. The minimum absolute atomic E-state index is 0.211. The van der Waals surface area contributed by atoms with Gasteiger partial charge in [0.1, 0.15) is 5.58 Å². The lowest BCUT2D eigenvalue weighted by Gasteiger charge is -2.02. The Bertz CT molecular complexity index is 838. The predicted octanol–water partition coefficient (Wildman–Crippen LogP) is 4.13. The van der Waals surface area contributed by atoms with E-state index in [0.717, 1.165) is 21.7 Å². The Balaban J connectivity index is 1.71. The minimum atomic E-state index is -0.211. The van der Waals surface area contributed by atoms with Crippen LogP contribution in [-0.4, -0.2) is 17.4 Å². The molecule has 0 aliphatic carbocycles. The van der Waals surface area contributed by atoms with Gasteiger partial charge < -0.3 is 9.73 Å². The van der Waals surface area contributed by atoms with Gasteiger partial charge in [0.05, 0.1) is 10.7 Å². The molecule has 2 heterocycles. The number of nitrogens with one attached hydrogen (secondary N) is 1. The second kappa shape index (κ2) is 6.10. The van der Waals surface area contributed by atoms with Gasteiger partial charge in [-0.25, -0.2) is 4.98 Å². The third-order valence-electron chi connectivity index (χ3n) is 3.44. The number of hydrogen-bond donors (Lipinski definition) is 1. The molecule has 0 spiro atoms. The molecule has 0 fully saturated rings. The quantitative estimate of drug-likeness (QED) is 0.780. The predicted molar refractivity (Wildman–Crippen MR) is 88.8 cm³/mol. The summed E-state index contributed by atoms with van der Waals surface area (Å²) in [5, 5.41) is 7.41. The van der Waals surface area contributed by atoms with Gasteiger partial charge in [-0.05, 0) is 32.0 Å². The van der Waals surface area contributed by atoms with Crippen LogP contribution in [0.25, 0.3) is 11.0 Å². The molecule has 2 aromatic heterocycles. The molecule has 6 heteroatoms. The molecule has 0 atom stereocenters. The molecule has 0 unspecified atom stereocenters. The van der Waals surface area contributed by atoms with Crippen molar-refractivity contribution in [3.8, 4) is 0 Å². The highest BCUT2D eigenvalue weighted by Gasteiger charge is 2.17. The van der Waals surface area contributed by atoms with Crippen LogP contribution >= 0.6 is 22.9 Å². The summed E-state index contributed by atoms with van der Waals surface area (Å²) in [5.41, 5.74) is 2.47. The number of amides is 1. The second-order valence-electron chi connectivity index (χ2n) is 5.06. The normalized spacial score (nSPS) is 11.0. The summed E-state index contributed by atoms with van der Waals surface area (Å²) in [5.74, 6) is 0.128. The van der Waals surface area contributed by atoms with Crippen LogP contribution in [0.3, 0.4) is 0 Å². The first-order valence-electron chi connectivity index (χ1n) is 6.92. The SMILES string of the molecule is Cc1nc(CCNC(=O)c2oc3ccc(Cl)cc3c2C)cs1. The lowest BCUT2D eigenvalue weighted by atomic mass is 10.1. The lowest BCUT2D eigenvalue weighted by Crippen LogP contribution is -2.25. The van der Waals surface area contributed by atoms with Crippen LogP contribution in [0, 0.1) is 13.8 Å². The summed E-state index contributed by atoms with van der Waals surface area (Å²) in [7, 11) is 0. The van der Waals surface area contributed by atoms with Crippen molar-refractivity contribution in [1.82, 2.24) is 10.3 Å². The summed E-state index contributed by atoms with van der Waals surface area (Å²) in [6.45, 7) is 4.36. The summed E-state index contributed by atoms with van der Waals surface area (Å²) < 4.78 is 5.64. The monoisotopic (exact) mass is 334 g/mol. The van der Waals surface area contributed by atoms with Gasteiger partial charge in [0.25, 0.3) is 5.91 Å². The molecule has 0 bridgehead atoms. The van der Waals surface area contributed by atoms with E-state index in [1.165, 1.54) is 0 Å². The van der Waals surface area contributed by atoms with Gasteiger partial charge in [0.15, 0.2) is 5.76 Å². The lowest BCUT2D eigenvalue weighted by molar-refractivity contribution is 0.0927. The number of rotatable bonds is 4. The topological polar surface area (TPSA) is 55.1 Å². The van der Waals surface area contributed by atoms with Crippen LogP contribution in [0.1, 0.15) is 26.8 Å². The molecule has 3 rings (SSSR count). The molecule has 1 N–H and O–H groups in total. The van der Waals surface area contributed by atoms with Crippen LogP contribution in [0.5, 0.6) is 0 Å². The number of nitrogens with zero attached hydrogens (tertiary/aromatic N) is 1. The van der Waals surface area contributed by atoms with E-state index in [4.69, 9.17) is 16.0 Å². The van der Waals surface area contributed by atoms with E-state index in [1.807, 2.05) is 25.3 Å². The molecular formula is C16H15ClN2O2S. The van der Waals surface area contributed by atoms with Crippen LogP contribution in [0.2, 0.25) is 5.02 Å². The maximum Gasteiger partial charge on any atom is 0.287 e. The number of carbonyl (C=O) groups excluding carboxylic acids is 1. The molecule has 3 aromatic rings. The van der Waals surface area contributed by atoms with Crippen molar-refractivity contribution in [3.63, 3.8) is 0 Å². The Morgan fingerprint density at radius 3 is 2.95 bits per heavy atom. The summed E-state index contributed by atoms with van der Waals surface area (Å²) in [6, 6.07) is 5.34. The molecule has 4 nitrogen and oxygen atoms in total. The number of thiazole rings is 1. The van der Waals surface area contributed by atoms with E-state index in [-0.39, 0.29) is 5.91 Å². The third-order valence-corrected chi connectivity index (χ3v) is 4.50. The second-order valence-corrected chi connectivity index (χ2v) is 6.56. The highest BCUT2D eigenvalue weighted by atomic mass is 35.5. The fraction of sp³-hybridized carbons (Fsp3) is 0.250. The number of carbonyl (C=O) groups is 1. The van der Waals surface area contributed by atoms with Gasteiger partial charge in [-0.1, -0.05) is 11.6 Å². The molecule has 0 saturated carbocycles. The van der Waals surface area contributed by atoms with Crippen molar-refractivity contribution < 1.29 is 9.21 Å². The zero-order valence-corrected chi connectivity index (χ0v) is 13.8. The first-order chi connectivity index (χ1) is 10.5. The molecule has 114 valence electrons. The third kappa shape index (κ3) is 3.00. The number of benzene rings is 1. The average molecular weight is 335 g/mol. The van der Waals surface area contributed by atoms with Gasteiger partial charge in [-0.3, -0.25) is 4.79 Å². The molecular weight excluding hydrogens is 320 g/mol. The van der Waals surface area contributed by atoms with Gasteiger partial charge >= 0.3 is 0 Å².